The Balaban J connectivity index is 1.06. The first-order chi connectivity index (χ1) is 31.4. The van der Waals surface area contributed by atoms with Crippen LogP contribution in [0.2, 0.25) is 0 Å². The van der Waals surface area contributed by atoms with Crippen molar-refractivity contribution < 1.29 is 67.3 Å². The van der Waals surface area contributed by atoms with Gasteiger partial charge >= 0.3 is 13.8 Å². The van der Waals surface area contributed by atoms with Crippen LogP contribution in [0.15, 0.2) is 11.6 Å². The number of allylic oxidation sites excluding steroid dienone is 1. The van der Waals surface area contributed by atoms with Crippen LogP contribution in [0.4, 0.5) is 0 Å². The first-order valence-electron chi connectivity index (χ1n) is 24.5. The number of carbonyl (C=O) groups excluding carboxylic acids is 4. The number of aliphatic hydroxyl groups is 2. The van der Waals surface area contributed by atoms with E-state index < -0.39 is 99.4 Å². The first kappa shape index (κ1) is 54.9. The van der Waals surface area contributed by atoms with Crippen LogP contribution in [0.1, 0.15) is 132 Å². The van der Waals surface area contributed by atoms with Crippen LogP contribution in [-0.2, 0) is 47.1 Å². The van der Waals surface area contributed by atoms with Gasteiger partial charge in [0.2, 0.25) is 23.6 Å². The molecule has 382 valence electrons. The van der Waals surface area contributed by atoms with E-state index in [0.29, 0.717) is 30.1 Å². The van der Waals surface area contributed by atoms with Gasteiger partial charge in [-0.3, -0.25) is 28.2 Å². The second kappa shape index (κ2) is 23.3. The predicted octanol–water partition coefficient (Wildman–Crippen LogP) is 3.51. The molecule has 4 fully saturated rings. The van der Waals surface area contributed by atoms with Gasteiger partial charge in [0.15, 0.2) is 6.23 Å². The highest BCUT2D eigenvalue weighted by molar-refractivity contribution is 7.47. The molecular formula is C47H80N5O14P. The van der Waals surface area contributed by atoms with Crippen molar-refractivity contribution in [3.05, 3.63) is 11.6 Å². The third kappa shape index (κ3) is 13.1. The van der Waals surface area contributed by atoms with Crippen LogP contribution in [-0.4, -0.2) is 130 Å². The summed E-state index contributed by atoms with van der Waals surface area (Å²) in [6.07, 6.45) is 7.79. The van der Waals surface area contributed by atoms with Gasteiger partial charge in [-0.05, 0) is 111 Å². The lowest BCUT2D eigenvalue weighted by Gasteiger charge is -2.58. The van der Waals surface area contributed by atoms with Crippen LogP contribution in [0, 0.1) is 46.3 Å². The number of aliphatic hydroxyl groups excluding tert-OH is 2. The van der Waals surface area contributed by atoms with Gasteiger partial charge in [0.05, 0.1) is 25.4 Å². The standard InChI is InChI=1S/C47H80N5O14P/c1-26(2)9-8-10-27(3)33-13-14-34-32-12-11-30-23-31(17-19-46(30,6)35(32)18-20-47(33,34)7)66-67(61,62)64-22-21-50-38(55)16-15-36(43(49)59)51-44(60)28(4)52(29(5)54)45-40(48)42(63-25-39(56)57)41(58)37(24-53)65-45/h11,26-28,31-37,40-42,45,53,58H,8-10,12-25,48H2,1-7H3,(H2,49,59)(H,50,55)(H,51,60)(H,56,57)(H,61,62)/t27-,28+,31+,32+,33-,34+,35+,36-,37-,40-,41-,42-,45?,46+,47-/m1/s1. The lowest BCUT2D eigenvalue weighted by atomic mass is 9.47. The van der Waals surface area contributed by atoms with Crippen molar-refractivity contribution in [2.24, 2.45) is 57.8 Å². The van der Waals surface area contributed by atoms with Crippen LogP contribution >= 0.6 is 7.82 Å². The minimum absolute atomic E-state index is 0.0405. The molecule has 0 aromatic carbocycles. The van der Waals surface area contributed by atoms with E-state index in [1.54, 1.807) is 0 Å². The maximum atomic E-state index is 13.4. The molecule has 10 N–H and O–H groups in total. The molecule has 2 unspecified atom stereocenters. The topological polar surface area (TPSA) is 300 Å². The summed E-state index contributed by atoms with van der Waals surface area (Å²) in [7, 11) is -4.48. The molecule has 4 aliphatic carbocycles. The summed E-state index contributed by atoms with van der Waals surface area (Å²) in [5.74, 6) is -0.247. The first-order valence-corrected chi connectivity index (χ1v) is 26.0. The number of amides is 4. The van der Waals surface area contributed by atoms with Crippen LogP contribution in [0.3, 0.4) is 0 Å². The van der Waals surface area contributed by atoms with Crippen LogP contribution in [0.5, 0.6) is 0 Å². The third-order valence-electron chi connectivity index (χ3n) is 16.3. The van der Waals surface area contributed by atoms with E-state index in [1.165, 1.54) is 57.4 Å². The van der Waals surface area contributed by atoms with E-state index >= 15 is 0 Å². The van der Waals surface area contributed by atoms with E-state index in [-0.39, 0.29) is 31.4 Å². The van der Waals surface area contributed by atoms with Gasteiger partial charge in [-0.15, -0.1) is 0 Å². The summed E-state index contributed by atoms with van der Waals surface area (Å²) in [6, 6.07) is -4.13. The fraction of sp³-hybridized carbons (Fsp3) is 0.851. The molecule has 0 aromatic rings. The van der Waals surface area contributed by atoms with Crippen LogP contribution in [0.25, 0.3) is 0 Å². The van der Waals surface area contributed by atoms with Gasteiger partial charge < -0.3 is 56.7 Å². The molecule has 1 aliphatic heterocycles. The molecule has 0 spiro atoms. The Morgan fingerprint density at radius 2 is 1.75 bits per heavy atom. The quantitative estimate of drug-likeness (QED) is 0.0413. The Kier molecular flexibility index (Phi) is 19.1. The van der Waals surface area contributed by atoms with E-state index in [4.69, 9.17) is 35.1 Å². The molecule has 3 saturated carbocycles. The smallest absolute Gasteiger partial charge is 0.472 e. The third-order valence-corrected chi connectivity index (χ3v) is 17.4. The maximum absolute atomic E-state index is 13.4. The molecule has 5 aliphatic rings. The highest BCUT2D eigenvalue weighted by Crippen LogP contribution is 2.67. The summed E-state index contributed by atoms with van der Waals surface area (Å²) in [5, 5.41) is 34.4. The fourth-order valence-electron chi connectivity index (χ4n) is 12.8. The zero-order chi connectivity index (χ0) is 49.6. The van der Waals surface area contributed by atoms with Gasteiger partial charge in [-0.1, -0.05) is 65.5 Å². The van der Waals surface area contributed by atoms with Crippen molar-refractivity contribution in [1.29, 1.82) is 0 Å². The zero-order valence-corrected chi connectivity index (χ0v) is 41.5. The number of nitrogens with zero attached hydrogens (tertiary/aromatic N) is 1. The highest BCUT2D eigenvalue weighted by Gasteiger charge is 2.59. The van der Waals surface area contributed by atoms with Gasteiger partial charge in [-0.2, -0.15) is 0 Å². The molecule has 1 heterocycles. The number of hydrogen-bond donors (Lipinski definition) is 8. The van der Waals surface area contributed by atoms with Crippen molar-refractivity contribution in [1.82, 2.24) is 15.5 Å². The predicted molar refractivity (Wildman–Crippen MR) is 246 cm³/mol. The number of ether oxygens (including phenoxy) is 2. The summed E-state index contributed by atoms with van der Waals surface area (Å²) in [6.45, 7) is 12.4. The lowest BCUT2D eigenvalue weighted by molar-refractivity contribution is -0.239. The number of carboxylic acid groups (broad SMARTS) is 1. The van der Waals surface area contributed by atoms with Crippen molar-refractivity contribution in [3.8, 4) is 0 Å². The normalized spacial score (nSPS) is 34.8. The minimum atomic E-state index is -4.48. The number of nitrogens with two attached hydrogens (primary N) is 2. The Labute approximate surface area is 395 Å². The molecule has 1 saturated heterocycles. The number of aliphatic carboxylic acids is 1. The molecule has 19 nitrogen and oxygen atoms in total. The number of hydrogen-bond acceptors (Lipinski definition) is 13. The molecule has 4 amide bonds. The number of carboxylic acids is 1. The lowest BCUT2D eigenvalue weighted by Crippen LogP contribution is -2.69. The second-order valence-corrected chi connectivity index (χ2v) is 22.4. The van der Waals surface area contributed by atoms with E-state index in [1.807, 2.05) is 0 Å². The Morgan fingerprint density at radius 1 is 1.03 bits per heavy atom. The molecule has 20 heteroatoms. The average molecular weight is 970 g/mol. The SMILES string of the molecule is CC(=O)N(C1O[C@H](CO)[C@@H](O)[C@H](OCC(=O)O)[C@H]1N)[C@@H](C)C(=O)N[C@H](CCC(=O)NCCOP(=O)(O)O[C@H]1CC[C@@]2(C)C(=CC[C@H]3[C@@H]4CC[C@H]([C@H](C)CCCC(C)C)[C@@]4(C)CC[C@@H]32)C1)C(N)=O. The molecule has 0 radical (unpaired) electrons. The van der Waals surface area contributed by atoms with Crippen LogP contribution < -0.4 is 22.1 Å². The summed E-state index contributed by atoms with van der Waals surface area (Å²) < 4.78 is 35.0. The highest BCUT2D eigenvalue weighted by atomic mass is 31.2. The molecule has 16 atom stereocenters. The summed E-state index contributed by atoms with van der Waals surface area (Å²) in [4.78, 5) is 74.1. The van der Waals surface area contributed by atoms with Crippen molar-refractivity contribution >= 4 is 37.4 Å². The van der Waals surface area contributed by atoms with E-state index in [9.17, 15) is 43.6 Å². The number of fused-ring (bicyclic) bond motifs is 5. The number of rotatable bonds is 23. The van der Waals surface area contributed by atoms with E-state index in [2.05, 4.69) is 51.3 Å². The molecule has 5 rings (SSSR count). The molecule has 0 bridgehead atoms. The Morgan fingerprint density at radius 3 is 2.39 bits per heavy atom. The number of carbonyl (C=O) groups is 5. The molecule has 0 aromatic heterocycles. The molecular weight excluding hydrogens is 890 g/mol. The van der Waals surface area contributed by atoms with Crippen molar-refractivity contribution in [3.63, 3.8) is 0 Å². The Bertz CT molecular complexity index is 1840. The monoisotopic (exact) mass is 970 g/mol. The van der Waals surface area contributed by atoms with Crippen molar-refractivity contribution in [2.45, 2.75) is 181 Å². The average Bonchev–Trinajstić information content (AvgIpc) is 3.61. The van der Waals surface area contributed by atoms with Gasteiger partial charge in [0.25, 0.3) is 0 Å². The summed E-state index contributed by atoms with van der Waals surface area (Å²) in [5.41, 5.74) is 13.5. The Hall–Kier alpha value is -3.00. The number of primary amides is 1. The number of phosphoric ester groups is 1. The maximum Gasteiger partial charge on any atom is 0.472 e. The molecule has 67 heavy (non-hydrogen) atoms. The number of phosphoric acid groups is 1. The largest absolute Gasteiger partial charge is 0.480 e. The van der Waals surface area contributed by atoms with E-state index in [0.717, 1.165) is 48.3 Å². The zero-order valence-electron chi connectivity index (χ0n) is 40.6. The van der Waals surface area contributed by atoms with Crippen molar-refractivity contribution in [2.75, 3.05) is 26.4 Å². The van der Waals surface area contributed by atoms with Gasteiger partial charge in [0, 0.05) is 19.9 Å². The fourth-order valence-corrected chi connectivity index (χ4v) is 13.7. The number of nitrogens with one attached hydrogen (secondary N) is 2. The second-order valence-electron chi connectivity index (χ2n) is 21.0. The summed E-state index contributed by atoms with van der Waals surface area (Å²) >= 11 is 0. The van der Waals surface area contributed by atoms with Gasteiger partial charge in [-0.25, -0.2) is 9.36 Å². The van der Waals surface area contributed by atoms with Gasteiger partial charge in [0.1, 0.15) is 37.0 Å². The minimum Gasteiger partial charge on any atom is -0.480 e.